The molecule has 0 aliphatic rings. The van der Waals surface area contributed by atoms with E-state index in [1.807, 2.05) is 25.3 Å². The van der Waals surface area contributed by atoms with E-state index in [-0.39, 0.29) is 12.1 Å². The van der Waals surface area contributed by atoms with Gasteiger partial charge in [0.2, 0.25) is 0 Å². The first kappa shape index (κ1) is 12.8. The molecule has 0 saturated carbocycles. The molecule has 0 aromatic carbocycles. The fourth-order valence-corrected chi connectivity index (χ4v) is 2.16. The predicted molar refractivity (Wildman–Crippen MR) is 71.2 cm³/mol. The number of carbonyl (C=O) groups is 1. The maximum absolute atomic E-state index is 12.0. The Morgan fingerprint density at radius 1 is 1.56 bits per heavy atom. The first-order valence-electron chi connectivity index (χ1n) is 5.50. The monoisotopic (exact) mass is 308 g/mol. The summed E-state index contributed by atoms with van der Waals surface area (Å²) in [7, 11) is 1.80. The van der Waals surface area contributed by atoms with E-state index in [4.69, 9.17) is 4.74 Å². The molecule has 0 fully saturated rings. The minimum Gasteiger partial charge on any atom is -0.453 e. The zero-order chi connectivity index (χ0) is 13.1. The molecule has 0 saturated heterocycles. The fraction of sp³-hybridized carbons (Fsp3) is 0.231. The van der Waals surface area contributed by atoms with Gasteiger partial charge in [-0.15, -0.1) is 0 Å². The molecule has 0 radical (unpaired) electrons. The number of halogens is 1. The third-order valence-electron chi connectivity index (χ3n) is 2.62. The molecule has 2 aromatic heterocycles. The highest BCUT2D eigenvalue weighted by Gasteiger charge is 2.16. The third-order valence-corrected chi connectivity index (χ3v) is 3.05. The quantitative estimate of drug-likeness (QED) is 0.818. The van der Waals surface area contributed by atoms with Crippen LogP contribution < -0.4 is 0 Å². The zero-order valence-electron chi connectivity index (χ0n) is 10.1. The molecule has 0 spiro atoms. The van der Waals surface area contributed by atoms with Crippen LogP contribution in [-0.2, 0) is 11.8 Å². The van der Waals surface area contributed by atoms with Crippen LogP contribution in [0.4, 0.5) is 0 Å². The van der Waals surface area contributed by atoms with Crippen molar-refractivity contribution in [2.24, 2.45) is 7.05 Å². The van der Waals surface area contributed by atoms with E-state index in [2.05, 4.69) is 20.9 Å². The Morgan fingerprint density at radius 3 is 2.89 bits per heavy atom. The van der Waals surface area contributed by atoms with Gasteiger partial charge in [0.15, 0.2) is 0 Å². The first-order chi connectivity index (χ1) is 8.58. The first-order valence-corrected chi connectivity index (χ1v) is 6.30. The van der Waals surface area contributed by atoms with E-state index < -0.39 is 0 Å². The normalized spacial score (nSPS) is 12.2. The molecule has 5 heteroatoms. The van der Waals surface area contributed by atoms with Crippen LogP contribution in [0.15, 0.2) is 41.3 Å². The van der Waals surface area contributed by atoms with Gasteiger partial charge in [-0.3, -0.25) is 4.98 Å². The number of esters is 1. The van der Waals surface area contributed by atoms with Gasteiger partial charge in [-0.2, -0.15) is 0 Å². The van der Waals surface area contributed by atoms with Crippen molar-refractivity contribution in [3.63, 3.8) is 0 Å². The number of hydrogen-bond donors (Lipinski definition) is 0. The highest BCUT2D eigenvalue weighted by Crippen LogP contribution is 2.19. The molecule has 18 heavy (non-hydrogen) atoms. The Hall–Kier alpha value is -1.62. The van der Waals surface area contributed by atoms with Crippen molar-refractivity contribution >= 4 is 21.9 Å². The Labute approximate surface area is 114 Å². The minimum absolute atomic E-state index is 0.320. The molecule has 1 atom stereocenters. The Bertz CT molecular complexity index is 551. The third kappa shape index (κ3) is 2.79. The topological polar surface area (TPSA) is 44.1 Å². The standard InChI is InChI=1S/C13H13BrN2O2/c1-9(10-4-3-5-15-7-10)18-13(17)12-6-11(14)8-16(12)2/h3-9H,1-2H3/t9-/m1/s1. The van der Waals surface area contributed by atoms with Crippen LogP contribution in [0, 0.1) is 0 Å². The van der Waals surface area contributed by atoms with Crippen LogP contribution >= 0.6 is 15.9 Å². The van der Waals surface area contributed by atoms with E-state index in [0.717, 1.165) is 10.0 Å². The highest BCUT2D eigenvalue weighted by atomic mass is 79.9. The van der Waals surface area contributed by atoms with Gasteiger partial charge in [0.05, 0.1) is 0 Å². The van der Waals surface area contributed by atoms with Gasteiger partial charge in [-0.05, 0) is 35.0 Å². The second-order valence-corrected chi connectivity index (χ2v) is 4.90. The summed E-state index contributed by atoms with van der Waals surface area (Å²) in [6.45, 7) is 1.83. The molecule has 2 aromatic rings. The van der Waals surface area contributed by atoms with E-state index in [1.165, 1.54) is 0 Å². The molecule has 0 unspecified atom stereocenters. The van der Waals surface area contributed by atoms with Crippen LogP contribution in [-0.4, -0.2) is 15.5 Å². The van der Waals surface area contributed by atoms with Gasteiger partial charge in [0, 0.05) is 35.7 Å². The highest BCUT2D eigenvalue weighted by molar-refractivity contribution is 9.10. The van der Waals surface area contributed by atoms with Crippen molar-refractivity contribution < 1.29 is 9.53 Å². The van der Waals surface area contributed by atoms with Crippen LogP contribution in [0.5, 0.6) is 0 Å². The molecule has 2 rings (SSSR count). The average Bonchev–Trinajstić information content (AvgIpc) is 2.69. The van der Waals surface area contributed by atoms with Crippen molar-refractivity contribution in [3.05, 3.63) is 52.5 Å². The van der Waals surface area contributed by atoms with Gasteiger partial charge in [0.25, 0.3) is 0 Å². The number of rotatable bonds is 3. The molecule has 4 nitrogen and oxygen atoms in total. The van der Waals surface area contributed by atoms with Crippen LogP contribution in [0.3, 0.4) is 0 Å². The lowest BCUT2D eigenvalue weighted by atomic mass is 10.2. The molecule has 0 aliphatic carbocycles. The van der Waals surface area contributed by atoms with Crippen molar-refractivity contribution in [1.82, 2.24) is 9.55 Å². The van der Waals surface area contributed by atoms with Crippen molar-refractivity contribution in [1.29, 1.82) is 0 Å². The van der Waals surface area contributed by atoms with Crippen molar-refractivity contribution in [2.45, 2.75) is 13.0 Å². The Kier molecular flexibility index (Phi) is 3.81. The summed E-state index contributed by atoms with van der Waals surface area (Å²) in [5.41, 5.74) is 1.39. The lowest BCUT2D eigenvalue weighted by molar-refractivity contribution is 0.0326. The summed E-state index contributed by atoms with van der Waals surface area (Å²) in [6.07, 6.45) is 4.87. The Balaban J connectivity index is 2.10. The number of nitrogens with zero attached hydrogens (tertiary/aromatic N) is 2. The summed E-state index contributed by atoms with van der Waals surface area (Å²) >= 11 is 3.32. The lowest BCUT2D eigenvalue weighted by Gasteiger charge is -2.13. The van der Waals surface area contributed by atoms with Crippen LogP contribution in [0.25, 0.3) is 0 Å². The van der Waals surface area contributed by atoms with E-state index in [1.54, 1.807) is 30.1 Å². The number of hydrogen-bond acceptors (Lipinski definition) is 3. The molecular weight excluding hydrogens is 296 g/mol. The van der Waals surface area contributed by atoms with Gasteiger partial charge in [-0.1, -0.05) is 6.07 Å². The van der Waals surface area contributed by atoms with E-state index in [0.29, 0.717) is 5.69 Å². The summed E-state index contributed by atoms with van der Waals surface area (Å²) in [5.74, 6) is -0.348. The SMILES string of the molecule is C[C@@H](OC(=O)c1cc(Br)cn1C)c1cccnc1. The second-order valence-electron chi connectivity index (χ2n) is 3.99. The number of carbonyl (C=O) groups excluding carboxylic acids is 1. The molecule has 0 bridgehead atoms. The van der Waals surface area contributed by atoms with Gasteiger partial charge in [-0.25, -0.2) is 4.79 Å². The molecule has 0 aliphatic heterocycles. The summed E-state index contributed by atoms with van der Waals surface area (Å²) in [5, 5.41) is 0. The summed E-state index contributed by atoms with van der Waals surface area (Å²) in [4.78, 5) is 16.0. The van der Waals surface area contributed by atoms with E-state index >= 15 is 0 Å². The fourth-order valence-electron chi connectivity index (χ4n) is 1.63. The summed E-state index contributed by atoms with van der Waals surface area (Å²) in [6, 6.07) is 5.43. The molecule has 94 valence electrons. The van der Waals surface area contributed by atoms with E-state index in [9.17, 15) is 4.79 Å². The lowest BCUT2D eigenvalue weighted by Crippen LogP contribution is -2.12. The second kappa shape index (κ2) is 5.35. The zero-order valence-corrected chi connectivity index (χ0v) is 11.7. The number of pyridine rings is 1. The van der Waals surface area contributed by atoms with Gasteiger partial charge < -0.3 is 9.30 Å². The summed E-state index contributed by atoms with van der Waals surface area (Å²) < 4.78 is 7.97. The molecule has 0 N–H and O–H groups in total. The molecular formula is C13H13BrN2O2. The molecule has 2 heterocycles. The minimum atomic E-state index is -0.348. The molecule has 0 amide bonds. The number of aromatic nitrogens is 2. The van der Waals surface area contributed by atoms with Crippen molar-refractivity contribution in [2.75, 3.05) is 0 Å². The largest absolute Gasteiger partial charge is 0.453 e. The smallest absolute Gasteiger partial charge is 0.355 e. The predicted octanol–water partition coefficient (Wildman–Crippen LogP) is 3.10. The number of ether oxygens (including phenoxy) is 1. The maximum Gasteiger partial charge on any atom is 0.355 e. The van der Waals surface area contributed by atoms with Crippen LogP contribution in [0.2, 0.25) is 0 Å². The average molecular weight is 309 g/mol. The van der Waals surface area contributed by atoms with Gasteiger partial charge >= 0.3 is 5.97 Å². The van der Waals surface area contributed by atoms with Gasteiger partial charge in [0.1, 0.15) is 11.8 Å². The Morgan fingerprint density at radius 2 is 2.33 bits per heavy atom. The van der Waals surface area contributed by atoms with Crippen LogP contribution in [0.1, 0.15) is 29.1 Å². The number of aryl methyl sites for hydroxylation is 1. The maximum atomic E-state index is 12.0. The van der Waals surface area contributed by atoms with Crippen molar-refractivity contribution in [3.8, 4) is 0 Å².